The van der Waals surface area contributed by atoms with Gasteiger partial charge < -0.3 is 0 Å². The molecule has 0 fully saturated rings. The molecule has 7 heteroatoms. The molecule has 0 aliphatic rings. The zero-order valence-electron chi connectivity index (χ0n) is 5.15. The molecule has 0 atom stereocenters. The maximum absolute atomic E-state index is 9.40. The van der Waals surface area contributed by atoms with E-state index in [0.29, 0.717) is 0 Å². The average molecular weight is 184 g/mol. The number of hydrogen-bond acceptors (Lipinski definition) is 4. The maximum Gasteiger partial charge on any atom is 0.229 e. The van der Waals surface area contributed by atoms with Crippen molar-refractivity contribution in [1.29, 1.82) is 0 Å². The summed E-state index contributed by atoms with van der Waals surface area (Å²) in [5.41, 5.74) is 0. The van der Waals surface area contributed by atoms with E-state index in [9.17, 15) is 8.42 Å². The molecule has 0 spiro atoms. The van der Waals surface area contributed by atoms with Crippen LogP contribution in [0.4, 0.5) is 0 Å². The molecule has 1 aromatic heterocycles. The Bertz CT molecular complexity index is 218. The van der Waals surface area contributed by atoms with E-state index in [2.05, 4.69) is 25.9 Å². The Morgan fingerprint density at radius 1 is 1.60 bits per heavy atom. The molecule has 0 amide bonds. The molecule has 0 unspecified atom stereocenters. The topological polar surface area (TPSA) is 75.7 Å². The van der Waals surface area contributed by atoms with E-state index in [0.717, 1.165) is 6.26 Å². The largest absolute Gasteiger partial charge is 0.266 e. The highest BCUT2D eigenvalue weighted by Gasteiger charge is 1.83. The lowest BCUT2D eigenvalue weighted by Crippen LogP contribution is -1.76. The predicted octanol–water partition coefficient (Wildman–Crippen LogP) is -0.0105. The molecule has 1 aromatic rings. The van der Waals surface area contributed by atoms with Gasteiger partial charge in [-0.2, -0.15) is 5.10 Å². The first-order valence-electron chi connectivity index (χ1n) is 2.18. The molecule has 1 N–H and O–H groups in total. The Morgan fingerprint density at radius 3 is 2.20 bits per heavy atom. The van der Waals surface area contributed by atoms with Crippen LogP contribution in [0.5, 0.6) is 0 Å². The van der Waals surface area contributed by atoms with Crippen molar-refractivity contribution in [2.45, 2.75) is 0 Å². The summed E-state index contributed by atoms with van der Waals surface area (Å²) in [6, 6.07) is 0. The highest BCUT2D eigenvalue weighted by molar-refractivity contribution is 8.13. The van der Waals surface area contributed by atoms with Gasteiger partial charge in [-0.05, 0) is 0 Å². The summed E-state index contributed by atoms with van der Waals surface area (Å²) in [4.78, 5) is 3.56. The molecule has 0 saturated carbocycles. The Morgan fingerprint density at radius 2 is 2.10 bits per heavy atom. The first-order valence-corrected chi connectivity index (χ1v) is 4.90. The summed E-state index contributed by atoms with van der Waals surface area (Å²) in [6.07, 6.45) is 3.88. The average Bonchev–Trinajstić information content (AvgIpc) is 2.07. The van der Waals surface area contributed by atoms with Gasteiger partial charge in [-0.25, -0.2) is 13.4 Å². The number of rotatable bonds is 0. The fraction of sp³-hybridized carbons (Fsp3) is 0.333. The zero-order valence-corrected chi connectivity index (χ0v) is 6.72. The number of halogens is 1. The lowest BCUT2D eigenvalue weighted by Gasteiger charge is -1.65. The first kappa shape index (κ1) is 9.38. The summed E-state index contributed by atoms with van der Waals surface area (Å²) in [5.74, 6) is 0. The summed E-state index contributed by atoms with van der Waals surface area (Å²) >= 11 is 0. The summed E-state index contributed by atoms with van der Waals surface area (Å²) in [5, 5.41) is 5.99. The van der Waals surface area contributed by atoms with Gasteiger partial charge in [-0.15, -0.1) is 0 Å². The smallest absolute Gasteiger partial charge is 0.229 e. The van der Waals surface area contributed by atoms with E-state index in [1.54, 1.807) is 0 Å². The molecule has 0 aromatic carbocycles. The Hall–Kier alpha value is -0.620. The molecule has 0 bridgehead atoms. The normalized spacial score (nSPS) is 9.80. The second-order valence-corrected chi connectivity index (χ2v) is 4.38. The quantitative estimate of drug-likeness (QED) is 0.574. The van der Waals surface area contributed by atoms with Crippen molar-refractivity contribution in [3.8, 4) is 0 Å². The van der Waals surface area contributed by atoms with Gasteiger partial charge in [0, 0.05) is 10.7 Å². The van der Waals surface area contributed by atoms with E-state index in [4.69, 9.17) is 0 Å². The Labute approximate surface area is 62.9 Å². The van der Waals surface area contributed by atoms with E-state index in [-0.39, 0.29) is 0 Å². The van der Waals surface area contributed by atoms with Crippen LogP contribution >= 0.6 is 10.7 Å². The van der Waals surface area contributed by atoms with Gasteiger partial charge in [0.15, 0.2) is 0 Å². The van der Waals surface area contributed by atoms with Crippen molar-refractivity contribution in [1.82, 2.24) is 15.2 Å². The van der Waals surface area contributed by atoms with Crippen LogP contribution in [0.15, 0.2) is 12.7 Å². The summed E-state index contributed by atoms with van der Waals surface area (Å²) in [7, 11) is 1.31. The molecule has 10 heavy (non-hydrogen) atoms. The molecule has 0 saturated heterocycles. The van der Waals surface area contributed by atoms with Crippen molar-refractivity contribution in [2.75, 3.05) is 6.26 Å². The minimum atomic E-state index is -3.19. The van der Waals surface area contributed by atoms with E-state index >= 15 is 0 Å². The maximum atomic E-state index is 9.40. The summed E-state index contributed by atoms with van der Waals surface area (Å²) < 4.78 is 18.8. The van der Waals surface area contributed by atoms with E-state index in [1.165, 1.54) is 12.7 Å². The van der Waals surface area contributed by atoms with Gasteiger partial charge in [0.05, 0.1) is 6.26 Å². The Kier molecular flexibility index (Phi) is 3.97. The van der Waals surface area contributed by atoms with Gasteiger partial charge in [0.25, 0.3) is 0 Å². The van der Waals surface area contributed by atoms with Crippen LogP contribution in [0, 0.1) is 0 Å². The lowest BCUT2D eigenvalue weighted by atomic mass is 11.3. The second kappa shape index (κ2) is 4.24. The van der Waals surface area contributed by atoms with Crippen LogP contribution in [0.1, 0.15) is 0 Å². The number of hydrogen-bond donors (Lipinski definition) is 1. The van der Waals surface area contributed by atoms with Crippen LogP contribution < -0.4 is 0 Å². The highest BCUT2D eigenvalue weighted by atomic mass is 35.7. The first-order chi connectivity index (χ1) is 4.50. The second-order valence-electron chi connectivity index (χ2n) is 1.33. The monoisotopic (exact) mass is 183 g/mol. The molecule has 0 aliphatic carbocycles. The molecular weight excluding hydrogens is 178 g/mol. The van der Waals surface area contributed by atoms with Crippen LogP contribution in [-0.2, 0) is 9.05 Å². The van der Waals surface area contributed by atoms with Crippen molar-refractivity contribution in [3.63, 3.8) is 0 Å². The number of nitrogens with zero attached hydrogens (tertiary/aromatic N) is 2. The number of aromatic nitrogens is 3. The van der Waals surface area contributed by atoms with Crippen LogP contribution in [0.2, 0.25) is 0 Å². The predicted molar refractivity (Wildman–Crippen MR) is 37.1 cm³/mol. The molecule has 1 rings (SSSR count). The number of aromatic amines is 1. The van der Waals surface area contributed by atoms with Gasteiger partial charge >= 0.3 is 0 Å². The zero-order chi connectivity index (χ0) is 8.04. The van der Waals surface area contributed by atoms with E-state index in [1.807, 2.05) is 0 Å². The molecule has 58 valence electrons. The summed E-state index contributed by atoms with van der Waals surface area (Å²) in [6.45, 7) is 0. The van der Waals surface area contributed by atoms with Gasteiger partial charge in [-0.1, -0.05) is 0 Å². The van der Waals surface area contributed by atoms with Gasteiger partial charge in [0.1, 0.15) is 12.7 Å². The van der Waals surface area contributed by atoms with Crippen molar-refractivity contribution in [3.05, 3.63) is 12.7 Å². The number of H-pyrrole nitrogens is 1. The fourth-order valence-electron chi connectivity index (χ4n) is 0.167. The van der Waals surface area contributed by atoms with Crippen molar-refractivity contribution >= 4 is 19.7 Å². The SMILES string of the molecule is CS(=O)(=O)Cl.c1nc[nH]n1. The van der Waals surface area contributed by atoms with Crippen molar-refractivity contribution in [2.24, 2.45) is 0 Å². The Balaban J connectivity index is 0.000000162. The van der Waals surface area contributed by atoms with Gasteiger partial charge in [0.2, 0.25) is 9.05 Å². The highest BCUT2D eigenvalue weighted by Crippen LogP contribution is 1.83. The third kappa shape index (κ3) is 15.7. The molecule has 1 heterocycles. The van der Waals surface area contributed by atoms with Crippen molar-refractivity contribution < 1.29 is 8.42 Å². The van der Waals surface area contributed by atoms with Crippen LogP contribution in [0.25, 0.3) is 0 Å². The fourth-order valence-corrected chi connectivity index (χ4v) is 0.167. The molecular formula is C3H6ClN3O2S. The molecule has 5 nitrogen and oxygen atoms in total. The minimum absolute atomic E-state index is 0.925. The lowest BCUT2D eigenvalue weighted by molar-refractivity contribution is 0.615. The standard InChI is InChI=1S/C2H3N3.CH3ClO2S/c1-3-2-5-4-1;1-5(2,3)4/h1-2H,(H,3,4,5);1H3. The van der Waals surface area contributed by atoms with E-state index < -0.39 is 9.05 Å². The van der Waals surface area contributed by atoms with Crippen LogP contribution in [0.3, 0.4) is 0 Å². The van der Waals surface area contributed by atoms with Crippen LogP contribution in [-0.4, -0.2) is 29.9 Å². The molecule has 0 aliphatic heterocycles. The molecule has 0 radical (unpaired) electrons. The third-order valence-electron chi connectivity index (χ3n) is 0.331. The third-order valence-corrected chi connectivity index (χ3v) is 0.331. The van der Waals surface area contributed by atoms with Gasteiger partial charge in [-0.3, -0.25) is 5.10 Å². The minimum Gasteiger partial charge on any atom is -0.266 e. The number of nitrogens with one attached hydrogen (secondary N) is 1.